The van der Waals surface area contributed by atoms with Crippen LogP contribution in [0.4, 0.5) is 0 Å². The molecule has 2 heterocycles. The van der Waals surface area contributed by atoms with Gasteiger partial charge in [0.05, 0.1) is 0 Å². The lowest BCUT2D eigenvalue weighted by Gasteiger charge is -2.12. The third-order valence-corrected chi connectivity index (χ3v) is 4.06. The van der Waals surface area contributed by atoms with Crippen LogP contribution < -0.4 is 5.32 Å². The molecule has 1 aliphatic heterocycles. The Morgan fingerprint density at radius 2 is 2.06 bits per heavy atom. The maximum Gasteiger partial charge on any atom is 0.282 e. The smallest absolute Gasteiger partial charge is 0.282 e. The van der Waals surface area contributed by atoms with Crippen molar-refractivity contribution in [2.75, 3.05) is 13.1 Å². The van der Waals surface area contributed by atoms with Gasteiger partial charge in [-0.15, -0.1) is 11.3 Å². The zero-order valence-electron chi connectivity index (χ0n) is 10.0. The highest BCUT2D eigenvalue weighted by Crippen LogP contribution is 2.20. The van der Waals surface area contributed by atoms with E-state index in [1.807, 2.05) is 0 Å². The van der Waals surface area contributed by atoms with E-state index in [9.17, 15) is 9.59 Å². The lowest BCUT2D eigenvalue weighted by Crippen LogP contribution is -2.28. The summed E-state index contributed by atoms with van der Waals surface area (Å²) in [5, 5.41) is 4.97. The number of rotatable bonds is 3. The molecule has 0 bridgehead atoms. The van der Waals surface area contributed by atoms with E-state index in [2.05, 4.69) is 10.3 Å². The van der Waals surface area contributed by atoms with Crippen molar-refractivity contribution < 1.29 is 9.59 Å². The highest BCUT2D eigenvalue weighted by Gasteiger charge is 2.26. The molecule has 1 saturated heterocycles. The Kier molecular flexibility index (Phi) is 3.03. The van der Waals surface area contributed by atoms with Gasteiger partial charge in [-0.1, -0.05) is 0 Å². The highest BCUT2D eigenvalue weighted by molar-refractivity contribution is 7.11. The zero-order valence-corrected chi connectivity index (χ0v) is 10.8. The van der Waals surface area contributed by atoms with Crippen LogP contribution in [-0.4, -0.2) is 40.8 Å². The number of hydrogen-bond donors (Lipinski definition) is 1. The number of hydrogen-bond acceptors (Lipinski definition) is 4. The van der Waals surface area contributed by atoms with Gasteiger partial charge in [0.15, 0.2) is 5.01 Å². The van der Waals surface area contributed by atoms with Gasteiger partial charge >= 0.3 is 0 Å². The fraction of sp³-hybridized carbons (Fsp3) is 0.583. The van der Waals surface area contributed by atoms with Crippen LogP contribution in [-0.2, 0) is 0 Å². The number of carbonyl (C=O) groups is 2. The minimum Gasteiger partial charge on any atom is -0.348 e. The normalized spacial score (nSPS) is 19.0. The predicted molar refractivity (Wildman–Crippen MR) is 67.7 cm³/mol. The summed E-state index contributed by atoms with van der Waals surface area (Å²) in [6.07, 6.45) is 4.23. The average Bonchev–Trinajstić information content (AvgIpc) is 2.91. The number of aromatic nitrogens is 1. The van der Waals surface area contributed by atoms with Gasteiger partial charge < -0.3 is 10.2 Å². The quantitative estimate of drug-likeness (QED) is 0.895. The van der Waals surface area contributed by atoms with Crippen molar-refractivity contribution in [2.45, 2.75) is 31.7 Å². The molecule has 0 aromatic carbocycles. The van der Waals surface area contributed by atoms with Gasteiger partial charge in [0.1, 0.15) is 5.69 Å². The van der Waals surface area contributed by atoms with Gasteiger partial charge in [0, 0.05) is 24.5 Å². The third-order valence-electron chi connectivity index (χ3n) is 3.23. The number of amides is 2. The Hall–Kier alpha value is -1.43. The number of nitrogens with one attached hydrogen (secondary N) is 1. The molecule has 5 nitrogen and oxygen atoms in total. The molecule has 1 aromatic rings. The van der Waals surface area contributed by atoms with Crippen LogP contribution in [0.15, 0.2) is 5.38 Å². The maximum absolute atomic E-state index is 12.1. The van der Waals surface area contributed by atoms with E-state index < -0.39 is 0 Å². The summed E-state index contributed by atoms with van der Waals surface area (Å²) in [5.41, 5.74) is 0.370. The van der Waals surface area contributed by atoms with Crippen LogP contribution >= 0.6 is 11.3 Å². The van der Waals surface area contributed by atoms with E-state index in [0.717, 1.165) is 38.8 Å². The Morgan fingerprint density at radius 1 is 1.33 bits per heavy atom. The second-order valence-electron chi connectivity index (χ2n) is 4.78. The monoisotopic (exact) mass is 265 g/mol. The minimum absolute atomic E-state index is 0.0389. The molecule has 0 atom stereocenters. The molecule has 2 amide bonds. The van der Waals surface area contributed by atoms with E-state index in [1.54, 1.807) is 10.3 Å². The third kappa shape index (κ3) is 2.38. The molecule has 96 valence electrons. The number of thiazole rings is 1. The standard InChI is InChI=1S/C12H15N3O2S/c16-10(13-8-3-4-8)9-7-18-11(14-9)12(17)15-5-1-2-6-15/h7-8H,1-6H2,(H,13,16). The van der Waals surface area contributed by atoms with E-state index in [1.165, 1.54) is 11.3 Å². The molecule has 2 fully saturated rings. The van der Waals surface area contributed by atoms with Crippen molar-refractivity contribution >= 4 is 23.2 Å². The van der Waals surface area contributed by atoms with Gasteiger partial charge in [-0.05, 0) is 25.7 Å². The Labute approximate surface area is 109 Å². The van der Waals surface area contributed by atoms with Crippen LogP contribution in [0.25, 0.3) is 0 Å². The maximum atomic E-state index is 12.1. The predicted octanol–water partition coefficient (Wildman–Crippen LogP) is 1.27. The molecule has 1 N–H and O–H groups in total. The van der Waals surface area contributed by atoms with E-state index >= 15 is 0 Å². The van der Waals surface area contributed by atoms with Crippen LogP contribution in [0, 0.1) is 0 Å². The molecule has 1 aliphatic carbocycles. The summed E-state index contributed by atoms with van der Waals surface area (Å²) in [6.45, 7) is 1.62. The van der Waals surface area contributed by atoms with Crippen LogP contribution in [0.2, 0.25) is 0 Å². The second kappa shape index (κ2) is 4.68. The molecule has 0 unspecified atom stereocenters. The van der Waals surface area contributed by atoms with Gasteiger partial charge in [-0.3, -0.25) is 9.59 Å². The Balaban J connectivity index is 1.67. The largest absolute Gasteiger partial charge is 0.348 e. The van der Waals surface area contributed by atoms with Gasteiger partial charge in [0.2, 0.25) is 0 Å². The molecule has 2 aliphatic rings. The summed E-state index contributed by atoms with van der Waals surface area (Å²) < 4.78 is 0. The molecule has 3 rings (SSSR count). The summed E-state index contributed by atoms with van der Waals surface area (Å²) in [4.78, 5) is 29.8. The molecule has 18 heavy (non-hydrogen) atoms. The van der Waals surface area contributed by atoms with Crippen LogP contribution in [0.3, 0.4) is 0 Å². The van der Waals surface area contributed by atoms with Crippen molar-refractivity contribution in [1.29, 1.82) is 0 Å². The fourth-order valence-electron chi connectivity index (χ4n) is 2.02. The molecule has 0 spiro atoms. The average molecular weight is 265 g/mol. The first-order valence-electron chi connectivity index (χ1n) is 6.30. The van der Waals surface area contributed by atoms with Crippen molar-refractivity contribution in [3.8, 4) is 0 Å². The van der Waals surface area contributed by atoms with E-state index in [-0.39, 0.29) is 11.8 Å². The molecule has 0 radical (unpaired) electrons. The molecule has 1 saturated carbocycles. The summed E-state index contributed by atoms with van der Waals surface area (Å²) in [7, 11) is 0. The zero-order chi connectivity index (χ0) is 12.5. The lowest BCUT2D eigenvalue weighted by atomic mass is 10.4. The molecular formula is C12H15N3O2S. The Morgan fingerprint density at radius 3 is 2.72 bits per heavy atom. The first-order valence-corrected chi connectivity index (χ1v) is 7.17. The minimum atomic E-state index is -0.158. The second-order valence-corrected chi connectivity index (χ2v) is 5.64. The van der Waals surface area contributed by atoms with E-state index in [0.29, 0.717) is 16.7 Å². The van der Waals surface area contributed by atoms with Gasteiger partial charge in [0.25, 0.3) is 11.8 Å². The fourth-order valence-corrected chi connectivity index (χ4v) is 2.78. The van der Waals surface area contributed by atoms with Crippen molar-refractivity contribution in [3.63, 3.8) is 0 Å². The summed E-state index contributed by atoms with van der Waals surface area (Å²) >= 11 is 1.26. The molecule has 6 heteroatoms. The number of likely N-dealkylation sites (tertiary alicyclic amines) is 1. The SMILES string of the molecule is O=C(NC1CC1)c1csc(C(=O)N2CCCC2)n1. The van der Waals surface area contributed by atoms with Crippen molar-refractivity contribution in [2.24, 2.45) is 0 Å². The summed E-state index contributed by atoms with van der Waals surface area (Å²) in [5.74, 6) is -0.197. The van der Waals surface area contributed by atoms with Crippen molar-refractivity contribution in [1.82, 2.24) is 15.2 Å². The topological polar surface area (TPSA) is 62.3 Å². The van der Waals surface area contributed by atoms with Gasteiger partial charge in [-0.2, -0.15) is 0 Å². The molecule has 1 aromatic heterocycles. The van der Waals surface area contributed by atoms with Gasteiger partial charge in [-0.25, -0.2) is 4.98 Å². The first-order chi connectivity index (χ1) is 8.74. The highest BCUT2D eigenvalue weighted by atomic mass is 32.1. The Bertz CT molecular complexity index is 475. The lowest BCUT2D eigenvalue weighted by molar-refractivity contribution is 0.0792. The molecular weight excluding hydrogens is 250 g/mol. The first kappa shape index (κ1) is 11.6. The number of nitrogens with zero attached hydrogens (tertiary/aromatic N) is 2. The number of carbonyl (C=O) groups excluding carboxylic acids is 2. The van der Waals surface area contributed by atoms with Crippen LogP contribution in [0.5, 0.6) is 0 Å². The van der Waals surface area contributed by atoms with E-state index in [4.69, 9.17) is 0 Å². The van der Waals surface area contributed by atoms with Crippen molar-refractivity contribution in [3.05, 3.63) is 16.1 Å². The van der Waals surface area contributed by atoms with Crippen LogP contribution in [0.1, 0.15) is 46.0 Å². The summed E-state index contributed by atoms with van der Waals surface area (Å²) in [6, 6.07) is 0.317.